The second-order valence-electron chi connectivity index (χ2n) is 5.54. The molecule has 0 aliphatic heterocycles. The summed E-state index contributed by atoms with van der Waals surface area (Å²) < 4.78 is 19.7. The zero-order chi connectivity index (χ0) is 18.8. The number of hydrogen-bond acceptors (Lipinski definition) is 7. The third-order valence-corrected chi connectivity index (χ3v) is 3.77. The topological polar surface area (TPSA) is 99.6 Å². The molecule has 4 rings (SSSR count). The summed E-state index contributed by atoms with van der Waals surface area (Å²) >= 11 is 5.91. The summed E-state index contributed by atoms with van der Waals surface area (Å²) in [5, 5.41) is 8.53. The maximum Gasteiger partial charge on any atom is 0.267 e. The number of halogens is 2. The molecule has 10 heteroatoms. The van der Waals surface area contributed by atoms with Gasteiger partial charge in [-0.25, -0.2) is 9.07 Å². The molecule has 27 heavy (non-hydrogen) atoms. The van der Waals surface area contributed by atoms with Gasteiger partial charge in [0.25, 0.3) is 11.4 Å². The lowest BCUT2D eigenvalue weighted by molar-refractivity contribution is 0.431. The summed E-state index contributed by atoms with van der Waals surface area (Å²) in [6, 6.07) is 5.73. The molecular weight excluding hydrogens is 375 g/mol. The second kappa shape index (κ2) is 7.04. The van der Waals surface area contributed by atoms with Crippen LogP contribution in [0.25, 0.3) is 23.0 Å². The fraction of sp³-hybridized carbons (Fsp3) is 0.0588. The molecule has 0 unspecified atom stereocenters. The molecule has 0 amide bonds. The summed E-state index contributed by atoms with van der Waals surface area (Å²) in [7, 11) is 0. The quantitative estimate of drug-likeness (QED) is 0.533. The highest BCUT2D eigenvalue weighted by Gasteiger charge is 2.14. The standard InChI is InChI=1S/C17H10ClFN6O2/c18-12-4-11(6-21-7-12)17-22-16(24-27-17)14-1-2-15(26)25(23-14)9-10-3-13(19)8-20-5-10/h1-8H,9H2. The fourth-order valence-corrected chi connectivity index (χ4v) is 2.54. The SMILES string of the molecule is O=c1ccc(-c2noc(-c3cncc(Cl)c3)n2)nn1Cc1cncc(F)c1. The fourth-order valence-electron chi connectivity index (χ4n) is 2.37. The van der Waals surface area contributed by atoms with Crippen LogP contribution in [-0.4, -0.2) is 29.9 Å². The normalized spacial score (nSPS) is 10.9. The van der Waals surface area contributed by atoms with Crippen molar-refractivity contribution in [3.63, 3.8) is 0 Å². The van der Waals surface area contributed by atoms with Crippen LogP contribution in [0.1, 0.15) is 5.56 Å². The Kier molecular flexibility index (Phi) is 4.43. The Morgan fingerprint density at radius 3 is 2.78 bits per heavy atom. The molecule has 134 valence electrons. The highest BCUT2D eigenvalue weighted by Crippen LogP contribution is 2.22. The number of rotatable bonds is 4. The maximum atomic E-state index is 13.3. The molecule has 0 aliphatic carbocycles. The smallest absolute Gasteiger partial charge is 0.267 e. The third-order valence-electron chi connectivity index (χ3n) is 3.57. The van der Waals surface area contributed by atoms with Gasteiger partial charge < -0.3 is 4.52 Å². The molecule has 0 spiro atoms. The lowest BCUT2D eigenvalue weighted by Crippen LogP contribution is -2.23. The van der Waals surface area contributed by atoms with Gasteiger partial charge >= 0.3 is 0 Å². The molecule has 0 N–H and O–H groups in total. The Labute approximate surface area is 156 Å². The van der Waals surface area contributed by atoms with Gasteiger partial charge in [-0.3, -0.25) is 14.8 Å². The minimum atomic E-state index is -0.491. The minimum absolute atomic E-state index is 0.0559. The minimum Gasteiger partial charge on any atom is -0.333 e. The zero-order valence-electron chi connectivity index (χ0n) is 13.6. The third kappa shape index (κ3) is 3.72. The van der Waals surface area contributed by atoms with Gasteiger partial charge in [0.15, 0.2) is 0 Å². The average Bonchev–Trinajstić information content (AvgIpc) is 3.14. The van der Waals surface area contributed by atoms with Crippen LogP contribution in [0.2, 0.25) is 5.02 Å². The Hall–Kier alpha value is -3.46. The van der Waals surface area contributed by atoms with Gasteiger partial charge in [-0.2, -0.15) is 10.1 Å². The van der Waals surface area contributed by atoms with Crippen LogP contribution in [0.5, 0.6) is 0 Å². The van der Waals surface area contributed by atoms with Crippen molar-refractivity contribution in [3.05, 3.63) is 75.8 Å². The lowest BCUT2D eigenvalue weighted by atomic mass is 10.3. The summed E-state index contributed by atoms with van der Waals surface area (Å²) in [5.41, 5.74) is 1.02. The van der Waals surface area contributed by atoms with Crippen LogP contribution in [0.3, 0.4) is 0 Å². The van der Waals surface area contributed by atoms with E-state index < -0.39 is 5.82 Å². The average molecular weight is 385 g/mol. The first-order chi connectivity index (χ1) is 13.1. The van der Waals surface area contributed by atoms with E-state index >= 15 is 0 Å². The molecule has 4 aromatic heterocycles. The van der Waals surface area contributed by atoms with Crippen LogP contribution < -0.4 is 5.56 Å². The molecule has 0 saturated carbocycles. The van der Waals surface area contributed by atoms with Crippen molar-refractivity contribution in [2.24, 2.45) is 0 Å². The summed E-state index contributed by atoms with van der Waals surface area (Å²) in [6.07, 6.45) is 5.57. The van der Waals surface area contributed by atoms with Crippen LogP contribution in [0.15, 0.2) is 58.4 Å². The second-order valence-corrected chi connectivity index (χ2v) is 5.98. The van der Waals surface area contributed by atoms with Crippen LogP contribution in [0, 0.1) is 5.82 Å². The molecule has 0 atom stereocenters. The van der Waals surface area contributed by atoms with E-state index in [9.17, 15) is 9.18 Å². The van der Waals surface area contributed by atoms with Crippen molar-refractivity contribution in [1.29, 1.82) is 0 Å². The molecule has 0 saturated heterocycles. The monoisotopic (exact) mass is 384 g/mol. The number of aromatic nitrogens is 6. The van der Waals surface area contributed by atoms with Crippen molar-refractivity contribution >= 4 is 11.6 Å². The molecular formula is C17H10ClFN6O2. The van der Waals surface area contributed by atoms with Gasteiger partial charge in [0.2, 0.25) is 5.82 Å². The highest BCUT2D eigenvalue weighted by atomic mass is 35.5. The van der Waals surface area contributed by atoms with Gasteiger partial charge in [0, 0.05) is 24.7 Å². The Morgan fingerprint density at radius 1 is 1.11 bits per heavy atom. The molecule has 0 fully saturated rings. The Bertz CT molecular complexity index is 1180. The van der Waals surface area contributed by atoms with Crippen molar-refractivity contribution in [2.45, 2.75) is 6.54 Å². The van der Waals surface area contributed by atoms with Crippen LogP contribution >= 0.6 is 11.6 Å². The molecule has 0 radical (unpaired) electrons. The van der Waals surface area contributed by atoms with E-state index in [4.69, 9.17) is 16.1 Å². The van der Waals surface area contributed by atoms with Gasteiger partial charge in [-0.05, 0) is 23.8 Å². The van der Waals surface area contributed by atoms with Gasteiger partial charge in [-0.1, -0.05) is 16.8 Å². The van der Waals surface area contributed by atoms with E-state index in [0.717, 1.165) is 6.20 Å². The van der Waals surface area contributed by atoms with E-state index in [1.54, 1.807) is 6.07 Å². The molecule has 8 nitrogen and oxygen atoms in total. The predicted molar refractivity (Wildman–Crippen MR) is 93.3 cm³/mol. The molecule has 4 heterocycles. The van der Waals surface area contributed by atoms with Crippen molar-refractivity contribution in [3.8, 4) is 23.0 Å². The van der Waals surface area contributed by atoms with Gasteiger partial charge in [0.05, 0.1) is 23.3 Å². The Balaban J connectivity index is 1.66. The zero-order valence-corrected chi connectivity index (χ0v) is 14.3. The predicted octanol–water partition coefficient (Wildman–Crippen LogP) is 2.59. The maximum absolute atomic E-state index is 13.3. The number of hydrogen-bond donors (Lipinski definition) is 0. The number of nitrogens with zero attached hydrogens (tertiary/aromatic N) is 6. The van der Waals surface area contributed by atoms with Crippen LogP contribution in [-0.2, 0) is 6.54 Å². The van der Waals surface area contributed by atoms with E-state index in [1.807, 2.05) is 0 Å². The molecule has 4 aromatic rings. The summed E-state index contributed by atoms with van der Waals surface area (Å²) in [5.74, 6) is -0.0837. The summed E-state index contributed by atoms with van der Waals surface area (Å²) in [4.78, 5) is 24.0. The van der Waals surface area contributed by atoms with Crippen molar-refractivity contribution < 1.29 is 8.91 Å². The van der Waals surface area contributed by atoms with Gasteiger partial charge in [-0.15, -0.1) is 0 Å². The van der Waals surface area contributed by atoms with Crippen molar-refractivity contribution in [1.82, 2.24) is 29.9 Å². The summed E-state index contributed by atoms with van der Waals surface area (Å²) in [6.45, 7) is 0.0559. The first kappa shape index (κ1) is 17.0. The molecule has 0 bridgehead atoms. The number of pyridine rings is 2. The Morgan fingerprint density at radius 2 is 1.96 bits per heavy atom. The first-order valence-corrected chi connectivity index (χ1v) is 8.09. The lowest BCUT2D eigenvalue weighted by Gasteiger charge is -2.05. The molecule has 0 aromatic carbocycles. The van der Waals surface area contributed by atoms with Crippen LogP contribution in [0.4, 0.5) is 4.39 Å². The van der Waals surface area contributed by atoms with Crippen molar-refractivity contribution in [2.75, 3.05) is 0 Å². The van der Waals surface area contributed by atoms with Gasteiger partial charge in [0.1, 0.15) is 11.5 Å². The van der Waals surface area contributed by atoms with E-state index in [2.05, 4.69) is 25.2 Å². The first-order valence-electron chi connectivity index (χ1n) is 7.71. The highest BCUT2D eigenvalue weighted by molar-refractivity contribution is 6.30. The van der Waals surface area contributed by atoms with E-state index in [1.165, 1.54) is 41.5 Å². The van der Waals surface area contributed by atoms with E-state index in [-0.39, 0.29) is 23.8 Å². The largest absolute Gasteiger partial charge is 0.333 e. The molecule has 0 aliphatic rings. The van der Waals surface area contributed by atoms with E-state index in [0.29, 0.717) is 21.8 Å².